The summed E-state index contributed by atoms with van der Waals surface area (Å²) in [5.41, 5.74) is -0.0514. The first-order valence-electron chi connectivity index (χ1n) is 22.8. The smallest absolute Gasteiger partial charge is 0.326 e. The Morgan fingerprint density at radius 1 is 0.955 bits per heavy atom. The molecule has 364 valence electrons. The Kier molecular flexibility index (Phi) is 21.3. The fraction of sp³-hybridized carbons (Fsp3) is 0.630. The second-order valence-electron chi connectivity index (χ2n) is 17.5. The summed E-state index contributed by atoms with van der Waals surface area (Å²) in [4.78, 5) is 115. The van der Waals surface area contributed by atoms with Crippen molar-refractivity contribution in [3.63, 3.8) is 0 Å². The van der Waals surface area contributed by atoms with Gasteiger partial charge in [0, 0.05) is 55.8 Å². The van der Waals surface area contributed by atoms with Crippen molar-refractivity contribution in [2.45, 2.75) is 140 Å². The number of esters is 1. The molecular weight excluding hydrogens is 907 g/mol. The number of carboxylic acid groups (broad SMARTS) is 1. The van der Waals surface area contributed by atoms with Gasteiger partial charge in [0.2, 0.25) is 17.7 Å². The van der Waals surface area contributed by atoms with Gasteiger partial charge in [-0.25, -0.2) is 9.78 Å². The topological polar surface area (TPSA) is 225 Å². The molecule has 2 aliphatic rings. The van der Waals surface area contributed by atoms with Gasteiger partial charge in [-0.2, -0.15) is 0 Å². The number of likely N-dealkylation sites (N-methyl/N-ethyl adjacent to an activating group) is 1. The van der Waals surface area contributed by atoms with Crippen LogP contribution in [0.25, 0.3) is 0 Å². The second-order valence-corrected chi connectivity index (χ2v) is 20.6. The first-order valence-corrected chi connectivity index (χ1v) is 25.6. The number of imide groups is 1. The van der Waals surface area contributed by atoms with Gasteiger partial charge in [-0.05, 0) is 68.5 Å². The molecular formula is C46H67N7O10S3. The molecule has 1 fully saturated rings. The fourth-order valence-electron chi connectivity index (χ4n) is 7.94. The first-order chi connectivity index (χ1) is 31.4. The molecule has 8 atom stereocenters. The Hall–Kier alpha value is -4.66. The molecule has 0 aliphatic carbocycles. The molecule has 0 aromatic carbocycles. The molecule has 2 aliphatic heterocycles. The number of likely N-dealkylation sites (tertiary alicyclic amines) is 1. The normalized spacial score (nSPS) is 18.5. The van der Waals surface area contributed by atoms with Crippen LogP contribution >= 0.6 is 34.4 Å². The number of thioether (sulfide) groups is 1. The van der Waals surface area contributed by atoms with Crippen LogP contribution in [0.2, 0.25) is 0 Å². The van der Waals surface area contributed by atoms with E-state index in [0.29, 0.717) is 32.1 Å². The molecule has 20 heteroatoms. The highest BCUT2D eigenvalue weighted by molar-refractivity contribution is 8.01. The number of carbonyl (C=O) groups is 8. The Balaban J connectivity index is 1.63. The molecule has 66 heavy (non-hydrogen) atoms. The third-order valence-corrected chi connectivity index (χ3v) is 15.5. The zero-order chi connectivity index (χ0) is 48.7. The van der Waals surface area contributed by atoms with Gasteiger partial charge in [0.1, 0.15) is 28.8 Å². The number of nitrogens with one attached hydrogen (secondary N) is 3. The monoisotopic (exact) mass is 973 g/mol. The van der Waals surface area contributed by atoms with E-state index in [0.717, 1.165) is 39.8 Å². The zero-order valence-electron chi connectivity index (χ0n) is 39.3. The van der Waals surface area contributed by atoms with Crippen molar-refractivity contribution >= 4 is 81.8 Å². The number of piperidine rings is 1. The zero-order valence-corrected chi connectivity index (χ0v) is 41.7. The minimum Gasteiger partial charge on any atom is -0.480 e. The van der Waals surface area contributed by atoms with Crippen molar-refractivity contribution in [3.8, 4) is 0 Å². The summed E-state index contributed by atoms with van der Waals surface area (Å²) in [6, 6.07) is -0.419. The van der Waals surface area contributed by atoms with Crippen molar-refractivity contribution in [2.24, 2.45) is 17.8 Å². The van der Waals surface area contributed by atoms with E-state index in [1.165, 1.54) is 47.6 Å². The number of hydrogen-bond acceptors (Lipinski definition) is 14. The standard InChI is InChI=1S/C46H67N7O10S3/c1-9-28(5)39(49-43(59)33-16-11-12-20-51(33)8)45(60)52(21-13-14-22-53-36(55)18-19-37(53)56)34(27(3)4)24-35(63-30(7)54)44-48-32(26-66-44)41(57)47-31(25-65-38-17-15-23-64-38)42(58)50-40(46(61)62)29(6)10-2/h15,17-19,23,26-29,31,33-35,39-40H,9-14,16,20-22,24-25H2,1-8H3,(H,47,57)(H,49,59)(H,50,58)(H,61,62)/t28-,29?,31-,33+,34+,35+,39-,40?/m0/s1. The van der Waals surface area contributed by atoms with Crippen LogP contribution in [0, 0.1) is 17.8 Å². The SMILES string of the molecule is CCC(C)C(NC(=O)[C@H](CSc1cccs1)NC(=O)c1csc([C@@H](C[C@H](C(C)C)N(CCCCN2C(=O)C=CC2=O)C(=O)[C@@H](NC(=O)[C@H]2CCCCN2C)[C@@H](C)CC)OC(C)=O)n1)C(=O)O. The maximum absolute atomic E-state index is 15.1. The fourth-order valence-corrected chi connectivity index (χ4v) is 10.6. The van der Waals surface area contributed by atoms with Gasteiger partial charge in [-0.3, -0.25) is 43.4 Å². The number of ether oxygens (including phenoxy) is 1. The van der Waals surface area contributed by atoms with Crippen LogP contribution in [0.4, 0.5) is 0 Å². The van der Waals surface area contributed by atoms with Gasteiger partial charge in [-0.15, -0.1) is 34.4 Å². The number of aromatic nitrogens is 1. The van der Waals surface area contributed by atoms with Crippen LogP contribution in [0.5, 0.6) is 0 Å². The highest BCUT2D eigenvalue weighted by atomic mass is 32.2. The van der Waals surface area contributed by atoms with Crippen molar-refractivity contribution in [3.05, 3.63) is 45.7 Å². The summed E-state index contributed by atoms with van der Waals surface area (Å²) in [6.45, 7) is 13.7. The summed E-state index contributed by atoms with van der Waals surface area (Å²) < 4.78 is 6.79. The van der Waals surface area contributed by atoms with Gasteiger partial charge in [0.25, 0.3) is 17.7 Å². The van der Waals surface area contributed by atoms with E-state index in [2.05, 4.69) is 20.9 Å². The summed E-state index contributed by atoms with van der Waals surface area (Å²) in [6.07, 6.45) is 5.97. The van der Waals surface area contributed by atoms with E-state index in [4.69, 9.17) is 4.74 Å². The molecule has 2 unspecified atom stereocenters. The molecule has 2 aromatic rings. The van der Waals surface area contributed by atoms with Crippen molar-refractivity contribution < 1.29 is 48.2 Å². The molecule has 0 bridgehead atoms. The number of carboxylic acids is 1. The van der Waals surface area contributed by atoms with Crippen LogP contribution in [0.15, 0.2) is 39.3 Å². The number of thiophene rings is 1. The summed E-state index contributed by atoms with van der Waals surface area (Å²) in [5, 5.41) is 22.0. The number of carbonyl (C=O) groups excluding carboxylic acids is 7. The number of unbranched alkanes of at least 4 members (excludes halogenated alkanes) is 1. The van der Waals surface area contributed by atoms with Gasteiger partial charge in [-0.1, -0.05) is 66.9 Å². The quantitative estimate of drug-likeness (QED) is 0.0408. The number of rotatable bonds is 26. The lowest BCUT2D eigenvalue weighted by atomic mass is 9.91. The molecule has 6 amide bonds. The third kappa shape index (κ3) is 15.2. The van der Waals surface area contributed by atoms with Crippen molar-refractivity contribution in [1.29, 1.82) is 0 Å². The average Bonchev–Trinajstić information content (AvgIpc) is 4.06. The number of aliphatic carboxylic acids is 1. The maximum Gasteiger partial charge on any atom is 0.326 e. The molecule has 4 rings (SSSR count). The van der Waals surface area contributed by atoms with E-state index in [9.17, 15) is 38.7 Å². The Bertz CT molecular complexity index is 2010. The van der Waals surface area contributed by atoms with Crippen molar-refractivity contribution in [2.75, 3.05) is 32.4 Å². The molecule has 4 N–H and O–H groups in total. The molecule has 0 spiro atoms. The summed E-state index contributed by atoms with van der Waals surface area (Å²) in [7, 11) is 1.91. The van der Waals surface area contributed by atoms with E-state index in [-0.39, 0.29) is 71.6 Å². The largest absolute Gasteiger partial charge is 0.480 e. The van der Waals surface area contributed by atoms with Crippen LogP contribution in [-0.4, -0.2) is 135 Å². The van der Waals surface area contributed by atoms with Crippen LogP contribution in [-0.2, 0) is 38.3 Å². The van der Waals surface area contributed by atoms with Crippen LogP contribution < -0.4 is 16.0 Å². The highest BCUT2D eigenvalue weighted by Crippen LogP contribution is 2.32. The van der Waals surface area contributed by atoms with Gasteiger partial charge in [0.15, 0.2) is 6.10 Å². The average molecular weight is 974 g/mol. The predicted molar refractivity (Wildman–Crippen MR) is 254 cm³/mol. The molecule has 4 heterocycles. The Morgan fingerprint density at radius 2 is 1.64 bits per heavy atom. The second kappa shape index (κ2) is 26.0. The highest BCUT2D eigenvalue weighted by Gasteiger charge is 2.39. The number of hydrogen-bond donors (Lipinski definition) is 4. The maximum atomic E-state index is 15.1. The number of thiazole rings is 1. The van der Waals surface area contributed by atoms with Gasteiger partial charge in [0.05, 0.1) is 10.3 Å². The predicted octanol–water partition coefficient (Wildman–Crippen LogP) is 5.28. The molecule has 2 aromatic heterocycles. The minimum absolute atomic E-state index is 0.0514. The number of amides is 6. The van der Waals surface area contributed by atoms with E-state index in [1.54, 1.807) is 11.8 Å². The molecule has 0 radical (unpaired) electrons. The minimum atomic E-state index is -1.19. The lowest BCUT2D eigenvalue weighted by molar-refractivity contribution is -0.150. The van der Waals surface area contributed by atoms with Gasteiger partial charge < -0.3 is 30.7 Å². The van der Waals surface area contributed by atoms with Gasteiger partial charge >= 0.3 is 11.9 Å². The molecule has 0 saturated carbocycles. The van der Waals surface area contributed by atoms with Crippen LogP contribution in [0.3, 0.4) is 0 Å². The van der Waals surface area contributed by atoms with Crippen molar-refractivity contribution in [1.82, 2.24) is 35.6 Å². The summed E-state index contributed by atoms with van der Waals surface area (Å²) >= 11 is 3.87. The van der Waals surface area contributed by atoms with E-state index >= 15 is 4.79 Å². The van der Waals surface area contributed by atoms with E-state index < -0.39 is 65.8 Å². The number of nitrogens with zero attached hydrogens (tertiary/aromatic N) is 4. The lowest BCUT2D eigenvalue weighted by Crippen LogP contribution is -2.59. The summed E-state index contributed by atoms with van der Waals surface area (Å²) in [5.74, 6) is -5.22. The Labute approximate surface area is 400 Å². The molecule has 17 nitrogen and oxygen atoms in total. The van der Waals surface area contributed by atoms with Crippen LogP contribution in [0.1, 0.15) is 121 Å². The third-order valence-electron chi connectivity index (χ3n) is 12.3. The van der Waals surface area contributed by atoms with E-state index in [1.807, 2.05) is 64.1 Å². The molecule has 1 saturated heterocycles. The lowest BCUT2D eigenvalue weighted by Gasteiger charge is -2.40. The Morgan fingerprint density at radius 3 is 2.23 bits per heavy atom. The first kappa shape index (κ1) is 54.0.